The van der Waals surface area contributed by atoms with E-state index in [9.17, 15) is 5.26 Å². The molecule has 0 amide bonds. The molecular weight excluding hydrogens is 232 g/mol. The Kier molecular flexibility index (Phi) is 3.97. The largest absolute Gasteiger partial charge is 0.297 e. The van der Waals surface area contributed by atoms with Crippen LogP contribution in [0.3, 0.4) is 0 Å². The van der Waals surface area contributed by atoms with Crippen LogP contribution < -0.4 is 5.32 Å². The minimum Gasteiger partial charge on any atom is -0.297 e. The second-order valence-corrected chi connectivity index (χ2v) is 5.62. The minimum atomic E-state index is -0.402. The molecule has 1 aliphatic carbocycles. The number of hydrogen-bond donors (Lipinski definition) is 1. The van der Waals surface area contributed by atoms with Crippen molar-refractivity contribution in [2.24, 2.45) is 0 Å². The van der Waals surface area contributed by atoms with Crippen LogP contribution in [-0.4, -0.2) is 27.3 Å². The van der Waals surface area contributed by atoms with E-state index in [4.69, 9.17) is 0 Å². The van der Waals surface area contributed by atoms with Crippen LogP contribution in [0, 0.1) is 11.3 Å². The lowest BCUT2D eigenvalue weighted by molar-refractivity contribution is 0.433. The van der Waals surface area contributed by atoms with Crippen LogP contribution in [0.4, 0.5) is 0 Å². The van der Waals surface area contributed by atoms with Crippen molar-refractivity contribution in [2.45, 2.75) is 42.8 Å². The van der Waals surface area contributed by atoms with Gasteiger partial charge in [-0.2, -0.15) is 5.26 Å². The van der Waals surface area contributed by atoms with Crippen LogP contribution in [0.1, 0.15) is 26.2 Å². The summed E-state index contributed by atoms with van der Waals surface area (Å²) in [6, 6.07) is 4.83. The van der Waals surface area contributed by atoms with Gasteiger partial charge in [-0.05, 0) is 32.3 Å². The molecule has 1 aliphatic rings. The Labute approximate surface area is 106 Å². The molecule has 0 aliphatic heterocycles. The number of nitrogens with zero attached hydrogens (tertiary/aromatic N) is 3. The Morgan fingerprint density at radius 3 is 3.06 bits per heavy atom. The van der Waals surface area contributed by atoms with Gasteiger partial charge in [-0.15, -0.1) is 11.8 Å². The van der Waals surface area contributed by atoms with E-state index in [1.165, 1.54) is 12.8 Å². The SMILES string of the molecule is CC(C#N)(CCSc1ccncn1)NC1CC1. The molecule has 90 valence electrons. The lowest BCUT2D eigenvalue weighted by Crippen LogP contribution is -2.42. The molecule has 0 saturated heterocycles. The van der Waals surface area contributed by atoms with Gasteiger partial charge in [0.25, 0.3) is 0 Å². The summed E-state index contributed by atoms with van der Waals surface area (Å²) in [6.45, 7) is 1.98. The molecule has 1 saturated carbocycles. The Morgan fingerprint density at radius 2 is 2.47 bits per heavy atom. The highest BCUT2D eigenvalue weighted by Gasteiger charge is 2.32. The van der Waals surface area contributed by atoms with E-state index in [-0.39, 0.29) is 0 Å². The molecule has 1 N–H and O–H groups in total. The number of aromatic nitrogens is 2. The molecule has 0 radical (unpaired) electrons. The zero-order valence-electron chi connectivity index (χ0n) is 9.89. The zero-order chi connectivity index (χ0) is 12.1. The third kappa shape index (κ3) is 3.99. The molecule has 1 aromatic rings. The average molecular weight is 248 g/mol. The summed E-state index contributed by atoms with van der Waals surface area (Å²) in [6.07, 6.45) is 6.52. The van der Waals surface area contributed by atoms with E-state index in [0.717, 1.165) is 17.2 Å². The molecule has 4 nitrogen and oxygen atoms in total. The van der Waals surface area contributed by atoms with Crippen molar-refractivity contribution in [3.05, 3.63) is 18.6 Å². The maximum atomic E-state index is 9.21. The highest BCUT2D eigenvalue weighted by molar-refractivity contribution is 7.99. The molecule has 0 aromatic carbocycles. The van der Waals surface area contributed by atoms with E-state index < -0.39 is 5.54 Å². The van der Waals surface area contributed by atoms with Crippen molar-refractivity contribution in [1.82, 2.24) is 15.3 Å². The van der Waals surface area contributed by atoms with Crippen LogP contribution in [0.25, 0.3) is 0 Å². The number of thioether (sulfide) groups is 1. The highest BCUT2D eigenvalue weighted by Crippen LogP contribution is 2.25. The molecule has 17 heavy (non-hydrogen) atoms. The molecule has 2 rings (SSSR count). The maximum absolute atomic E-state index is 9.21. The molecular formula is C12H16N4S. The molecule has 1 heterocycles. The van der Waals surface area contributed by atoms with Crippen molar-refractivity contribution < 1.29 is 0 Å². The first-order valence-electron chi connectivity index (χ1n) is 5.80. The Bertz CT molecular complexity index is 399. The van der Waals surface area contributed by atoms with Gasteiger partial charge in [0.15, 0.2) is 0 Å². The predicted molar refractivity (Wildman–Crippen MR) is 67.5 cm³/mol. The van der Waals surface area contributed by atoms with Gasteiger partial charge in [-0.3, -0.25) is 5.32 Å². The van der Waals surface area contributed by atoms with Crippen LogP contribution >= 0.6 is 11.8 Å². The smallest absolute Gasteiger partial charge is 0.116 e. The normalized spacial score (nSPS) is 18.4. The second kappa shape index (κ2) is 5.48. The van der Waals surface area contributed by atoms with Crippen molar-refractivity contribution in [1.29, 1.82) is 5.26 Å². The third-order valence-corrected chi connectivity index (χ3v) is 3.70. The fraction of sp³-hybridized carbons (Fsp3) is 0.583. The van der Waals surface area contributed by atoms with Gasteiger partial charge in [-0.1, -0.05) is 0 Å². The Balaban J connectivity index is 1.78. The maximum Gasteiger partial charge on any atom is 0.116 e. The fourth-order valence-corrected chi connectivity index (χ4v) is 2.56. The van der Waals surface area contributed by atoms with Gasteiger partial charge in [0.1, 0.15) is 11.9 Å². The van der Waals surface area contributed by atoms with Gasteiger partial charge in [0.2, 0.25) is 0 Å². The van der Waals surface area contributed by atoms with E-state index in [0.29, 0.717) is 6.04 Å². The van der Waals surface area contributed by atoms with Crippen molar-refractivity contribution >= 4 is 11.8 Å². The van der Waals surface area contributed by atoms with Gasteiger partial charge < -0.3 is 0 Å². The summed E-state index contributed by atoms with van der Waals surface area (Å²) in [5.74, 6) is 0.890. The number of nitrogens with one attached hydrogen (secondary N) is 1. The molecule has 1 aromatic heterocycles. The third-order valence-electron chi connectivity index (χ3n) is 2.75. The molecule has 0 spiro atoms. The summed E-state index contributed by atoms with van der Waals surface area (Å²) >= 11 is 1.67. The van der Waals surface area contributed by atoms with Crippen molar-refractivity contribution in [3.63, 3.8) is 0 Å². The first-order valence-corrected chi connectivity index (χ1v) is 6.78. The summed E-state index contributed by atoms with van der Waals surface area (Å²) in [5.41, 5.74) is -0.402. The van der Waals surface area contributed by atoms with Crippen molar-refractivity contribution in [2.75, 3.05) is 5.75 Å². The van der Waals surface area contributed by atoms with Crippen LogP contribution in [0.2, 0.25) is 0 Å². The standard InChI is InChI=1S/C12H16N4S/c1-12(8-13,16-10-2-3-10)5-7-17-11-4-6-14-9-15-11/h4,6,9-10,16H,2-3,5,7H2,1H3. The number of hydrogen-bond acceptors (Lipinski definition) is 5. The van der Waals surface area contributed by atoms with E-state index in [2.05, 4.69) is 21.4 Å². The second-order valence-electron chi connectivity index (χ2n) is 4.51. The van der Waals surface area contributed by atoms with E-state index in [1.54, 1.807) is 24.3 Å². The van der Waals surface area contributed by atoms with E-state index in [1.807, 2.05) is 13.0 Å². The van der Waals surface area contributed by atoms with Crippen molar-refractivity contribution in [3.8, 4) is 6.07 Å². The Morgan fingerprint density at radius 1 is 1.65 bits per heavy atom. The van der Waals surface area contributed by atoms with Gasteiger partial charge in [0.05, 0.1) is 11.1 Å². The summed E-state index contributed by atoms with van der Waals surface area (Å²) in [7, 11) is 0. The molecule has 1 unspecified atom stereocenters. The molecule has 1 fully saturated rings. The number of rotatable bonds is 6. The van der Waals surface area contributed by atoms with Gasteiger partial charge in [-0.25, -0.2) is 9.97 Å². The summed E-state index contributed by atoms with van der Waals surface area (Å²) in [5, 5.41) is 13.6. The quantitative estimate of drug-likeness (QED) is 0.616. The lowest BCUT2D eigenvalue weighted by atomic mass is 10.0. The topological polar surface area (TPSA) is 61.6 Å². The monoisotopic (exact) mass is 248 g/mol. The minimum absolute atomic E-state index is 0.402. The zero-order valence-corrected chi connectivity index (χ0v) is 10.7. The van der Waals surface area contributed by atoms with Crippen LogP contribution in [0.15, 0.2) is 23.6 Å². The molecule has 1 atom stereocenters. The Hall–Kier alpha value is -1.12. The molecule has 5 heteroatoms. The molecule has 0 bridgehead atoms. The average Bonchev–Trinajstić information content (AvgIpc) is 3.14. The number of nitriles is 1. The van der Waals surface area contributed by atoms with Gasteiger partial charge in [0, 0.05) is 18.0 Å². The van der Waals surface area contributed by atoms with Crippen LogP contribution in [0.5, 0.6) is 0 Å². The predicted octanol–water partition coefficient (Wildman–Crippen LogP) is 1.99. The van der Waals surface area contributed by atoms with Gasteiger partial charge >= 0.3 is 0 Å². The van der Waals surface area contributed by atoms with E-state index >= 15 is 0 Å². The fourth-order valence-electron chi connectivity index (χ4n) is 1.56. The summed E-state index contributed by atoms with van der Waals surface area (Å²) < 4.78 is 0. The first kappa shape index (κ1) is 12.3. The van der Waals surface area contributed by atoms with Crippen LogP contribution in [-0.2, 0) is 0 Å². The lowest BCUT2D eigenvalue weighted by Gasteiger charge is -2.22. The summed E-state index contributed by atoms with van der Waals surface area (Å²) in [4.78, 5) is 8.02. The first-order chi connectivity index (χ1) is 8.22. The highest BCUT2D eigenvalue weighted by atomic mass is 32.2.